The van der Waals surface area contributed by atoms with Crippen molar-refractivity contribution < 1.29 is 0 Å². The molecule has 0 saturated carbocycles. The molecule has 2 rings (SSSR count). The predicted octanol–water partition coefficient (Wildman–Crippen LogP) is 4.23. The number of thiazole rings is 1. The summed E-state index contributed by atoms with van der Waals surface area (Å²) in [6.45, 7) is 0.776. The van der Waals surface area contributed by atoms with Gasteiger partial charge in [-0.05, 0) is 27.4 Å². The Kier molecular flexibility index (Phi) is 3.43. The summed E-state index contributed by atoms with van der Waals surface area (Å²) in [6, 6.07) is 2.04. The van der Waals surface area contributed by atoms with Crippen molar-refractivity contribution in [2.75, 3.05) is 5.32 Å². The van der Waals surface area contributed by atoms with Crippen molar-refractivity contribution in [1.82, 2.24) is 4.98 Å². The molecule has 2 aromatic rings. The molecular formula is C8H6BrClN2S2. The van der Waals surface area contributed by atoms with E-state index in [1.54, 1.807) is 11.3 Å². The first kappa shape index (κ1) is 10.4. The molecule has 0 radical (unpaired) electrons. The zero-order chi connectivity index (χ0) is 9.97. The number of hydrogen-bond acceptors (Lipinski definition) is 4. The molecule has 0 aliphatic carbocycles. The number of aromatic nitrogens is 1. The van der Waals surface area contributed by atoms with Gasteiger partial charge in [0.05, 0.1) is 6.54 Å². The maximum Gasteiger partial charge on any atom is 0.185 e. The van der Waals surface area contributed by atoms with Crippen molar-refractivity contribution in [3.8, 4) is 0 Å². The molecule has 0 aromatic carbocycles. The largest absolute Gasteiger partial charge is 0.364 e. The fourth-order valence-electron chi connectivity index (χ4n) is 0.955. The van der Waals surface area contributed by atoms with Gasteiger partial charge in [0.25, 0.3) is 0 Å². The smallest absolute Gasteiger partial charge is 0.185 e. The molecule has 0 fully saturated rings. The number of hydrogen-bond donors (Lipinski definition) is 1. The highest BCUT2D eigenvalue weighted by Crippen LogP contribution is 2.24. The Morgan fingerprint density at radius 3 is 2.93 bits per heavy atom. The monoisotopic (exact) mass is 308 g/mol. The zero-order valence-corrected chi connectivity index (χ0v) is 10.9. The van der Waals surface area contributed by atoms with Gasteiger partial charge in [-0.3, -0.25) is 0 Å². The summed E-state index contributed by atoms with van der Waals surface area (Å²) in [5.74, 6) is 0.834. The van der Waals surface area contributed by atoms with Gasteiger partial charge < -0.3 is 5.32 Å². The lowest BCUT2D eigenvalue weighted by Crippen LogP contribution is -1.97. The summed E-state index contributed by atoms with van der Waals surface area (Å²) < 4.78 is 1.70. The number of nitrogens with one attached hydrogen (secondary N) is 1. The molecule has 0 aliphatic heterocycles. The Labute approximate surface area is 103 Å². The van der Waals surface area contributed by atoms with Crippen molar-refractivity contribution in [2.45, 2.75) is 6.54 Å². The Hall–Kier alpha value is -0.100. The zero-order valence-electron chi connectivity index (χ0n) is 6.96. The average molecular weight is 310 g/mol. The predicted molar refractivity (Wildman–Crippen MR) is 66.5 cm³/mol. The first-order chi connectivity index (χ1) is 6.75. The van der Waals surface area contributed by atoms with Crippen LogP contribution in [-0.4, -0.2) is 4.98 Å². The van der Waals surface area contributed by atoms with Crippen LogP contribution in [0.5, 0.6) is 0 Å². The summed E-state index contributed by atoms with van der Waals surface area (Å²) in [7, 11) is 0. The van der Waals surface area contributed by atoms with Crippen LogP contribution in [0.25, 0.3) is 0 Å². The Morgan fingerprint density at radius 2 is 2.36 bits per heavy atom. The van der Waals surface area contributed by atoms with Crippen molar-refractivity contribution in [3.63, 3.8) is 0 Å². The minimum Gasteiger partial charge on any atom is -0.364 e. The van der Waals surface area contributed by atoms with E-state index in [0.29, 0.717) is 4.47 Å². The van der Waals surface area contributed by atoms with Gasteiger partial charge in [0.15, 0.2) is 4.47 Å². The topological polar surface area (TPSA) is 24.9 Å². The van der Waals surface area contributed by atoms with Gasteiger partial charge in [-0.25, -0.2) is 4.98 Å². The van der Waals surface area contributed by atoms with Crippen molar-refractivity contribution >= 4 is 56.0 Å². The molecule has 0 saturated heterocycles. The van der Waals surface area contributed by atoms with E-state index in [-0.39, 0.29) is 0 Å². The van der Waals surface area contributed by atoms with E-state index in [2.05, 4.69) is 31.6 Å². The summed E-state index contributed by atoms with van der Waals surface area (Å²) >= 11 is 12.3. The van der Waals surface area contributed by atoms with Crippen LogP contribution in [0.3, 0.4) is 0 Å². The van der Waals surface area contributed by atoms with Crippen LogP contribution in [0, 0.1) is 0 Å². The van der Waals surface area contributed by atoms with E-state index in [4.69, 9.17) is 11.6 Å². The van der Waals surface area contributed by atoms with E-state index >= 15 is 0 Å². The minimum atomic E-state index is 0.567. The second-order valence-corrected chi connectivity index (χ2v) is 5.83. The lowest BCUT2D eigenvalue weighted by molar-refractivity contribution is 1.15. The molecule has 0 amide bonds. The Morgan fingerprint density at radius 1 is 1.50 bits per heavy atom. The van der Waals surface area contributed by atoms with Crippen molar-refractivity contribution in [2.24, 2.45) is 0 Å². The Balaban J connectivity index is 1.98. The highest BCUT2D eigenvalue weighted by atomic mass is 79.9. The molecule has 0 unspecified atom stereocenters. The molecule has 74 valence electrons. The lowest BCUT2D eigenvalue weighted by Gasteiger charge is -2.00. The van der Waals surface area contributed by atoms with Gasteiger partial charge in [-0.1, -0.05) is 11.6 Å². The molecule has 0 aliphatic rings. The van der Waals surface area contributed by atoms with Crippen LogP contribution in [0.4, 0.5) is 5.82 Å². The van der Waals surface area contributed by atoms with E-state index in [0.717, 1.165) is 16.8 Å². The Bertz CT molecular complexity index is 426. The van der Waals surface area contributed by atoms with Gasteiger partial charge >= 0.3 is 0 Å². The molecule has 0 bridgehead atoms. The first-order valence-corrected chi connectivity index (χ1v) is 6.75. The molecule has 0 atom stereocenters. The second-order valence-electron chi connectivity index (χ2n) is 2.53. The summed E-state index contributed by atoms with van der Waals surface area (Å²) in [5.41, 5.74) is 0. The first-order valence-electron chi connectivity index (χ1n) is 3.82. The standard InChI is InChI=1S/C8H6BrClN2S2/c9-5-1-2-13-6(5)3-11-7-4-14-8(10)12-7/h1-2,4,11H,3H2. The SMILES string of the molecule is Clc1nc(NCc2sccc2Br)cs1. The number of anilines is 1. The maximum absolute atomic E-state index is 5.71. The van der Waals surface area contributed by atoms with Gasteiger partial charge in [0.2, 0.25) is 0 Å². The van der Waals surface area contributed by atoms with Crippen LogP contribution in [0.2, 0.25) is 4.47 Å². The fraction of sp³-hybridized carbons (Fsp3) is 0.125. The van der Waals surface area contributed by atoms with Gasteiger partial charge in [0, 0.05) is 14.7 Å². The van der Waals surface area contributed by atoms with E-state index in [9.17, 15) is 0 Å². The van der Waals surface area contributed by atoms with Crippen molar-refractivity contribution in [3.05, 3.63) is 30.6 Å². The molecule has 14 heavy (non-hydrogen) atoms. The molecule has 0 spiro atoms. The van der Waals surface area contributed by atoms with Crippen LogP contribution in [-0.2, 0) is 6.54 Å². The van der Waals surface area contributed by atoms with Crippen LogP contribution in [0.1, 0.15) is 4.88 Å². The minimum absolute atomic E-state index is 0.567. The van der Waals surface area contributed by atoms with Crippen LogP contribution < -0.4 is 5.32 Å². The quantitative estimate of drug-likeness (QED) is 0.917. The second kappa shape index (κ2) is 4.61. The molecule has 6 heteroatoms. The number of thiophene rings is 1. The fourth-order valence-corrected chi connectivity index (χ4v) is 3.11. The normalized spacial score (nSPS) is 10.4. The van der Waals surface area contributed by atoms with Crippen LogP contribution in [0.15, 0.2) is 21.3 Å². The van der Waals surface area contributed by atoms with Gasteiger partial charge in [-0.2, -0.15) is 0 Å². The van der Waals surface area contributed by atoms with E-state index in [1.165, 1.54) is 16.2 Å². The third kappa shape index (κ3) is 2.48. The summed E-state index contributed by atoms with van der Waals surface area (Å²) in [6.07, 6.45) is 0. The summed E-state index contributed by atoms with van der Waals surface area (Å²) in [4.78, 5) is 5.36. The van der Waals surface area contributed by atoms with E-state index < -0.39 is 0 Å². The number of rotatable bonds is 3. The highest BCUT2D eigenvalue weighted by molar-refractivity contribution is 9.10. The van der Waals surface area contributed by atoms with Crippen LogP contribution >= 0.6 is 50.2 Å². The molecule has 1 N–H and O–H groups in total. The number of nitrogens with zero attached hydrogens (tertiary/aromatic N) is 1. The summed E-state index contributed by atoms with van der Waals surface area (Å²) in [5, 5.41) is 7.16. The molecule has 2 heterocycles. The highest BCUT2D eigenvalue weighted by Gasteiger charge is 2.02. The molecule has 2 nitrogen and oxygen atoms in total. The maximum atomic E-state index is 5.71. The third-order valence-corrected chi connectivity index (χ3v) is 4.50. The van der Waals surface area contributed by atoms with Gasteiger partial charge in [0.1, 0.15) is 5.82 Å². The average Bonchev–Trinajstić information content (AvgIpc) is 2.72. The lowest BCUT2D eigenvalue weighted by atomic mass is 10.4. The third-order valence-electron chi connectivity index (χ3n) is 1.60. The number of halogens is 2. The molecular weight excluding hydrogens is 304 g/mol. The van der Waals surface area contributed by atoms with E-state index in [1.807, 2.05) is 11.4 Å². The van der Waals surface area contributed by atoms with Gasteiger partial charge in [-0.15, -0.1) is 22.7 Å². The van der Waals surface area contributed by atoms with Crippen molar-refractivity contribution in [1.29, 1.82) is 0 Å². The molecule has 2 aromatic heterocycles.